The maximum Gasteiger partial charge on any atom is 0.315 e. The number of para-hydroxylation sites is 1. The number of carbonyl (C=O) groups excluding carboxylic acids is 1. The van der Waals surface area contributed by atoms with Crippen LogP contribution in [-0.4, -0.2) is 12.6 Å². The number of nitriles is 1. The Morgan fingerprint density at radius 2 is 1.75 bits per heavy atom. The summed E-state index contributed by atoms with van der Waals surface area (Å²) in [5, 5.41) is 9.74. The van der Waals surface area contributed by atoms with E-state index in [-0.39, 0.29) is 5.92 Å². The maximum atomic E-state index is 13.2. The molecule has 1 aliphatic heterocycles. The molecule has 0 aliphatic carbocycles. The zero-order chi connectivity index (χ0) is 22.5. The average Bonchev–Trinajstić information content (AvgIpc) is 3.26. The van der Waals surface area contributed by atoms with Crippen LogP contribution in [0.1, 0.15) is 42.6 Å². The summed E-state index contributed by atoms with van der Waals surface area (Å²) in [7, 11) is 0. The summed E-state index contributed by atoms with van der Waals surface area (Å²) in [4.78, 5) is 13.2. The van der Waals surface area contributed by atoms with Gasteiger partial charge in [0.25, 0.3) is 0 Å². The van der Waals surface area contributed by atoms with E-state index >= 15 is 0 Å². The number of hydrogen-bond donors (Lipinski definition) is 0. The third-order valence-electron chi connectivity index (χ3n) is 5.48. The molecule has 3 aromatic rings. The van der Waals surface area contributed by atoms with Crippen molar-refractivity contribution in [1.29, 1.82) is 5.26 Å². The number of benzene rings is 3. The fourth-order valence-corrected chi connectivity index (χ4v) is 3.92. The summed E-state index contributed by atoms with van der Waals surface area (Å²) in [6, 6.07) is 24.4. The summed E-state index contributed by atoms with van der Waals surface area (Å²) < 4.78 is 17.1. The van der Waals surface area contributed by atoms with Gasteiger partial charge in [-0.25, -0.2) is 0 Å². The Morgan fingerprint density at radius 1 is 0.969 bits per heavy atom. The Balaban J connectivity index is 1.53. The van der Waals surface area contributed by atoms with E-state index in [1.165, 1.54) is 0 Å². The largest absolute Gasteiger partial charge is 0.493 e. The predicted molar refractivity (Wildman–Crippen MR) is 121 cm³/mol. The number of esters is 1. The third kappa shape index (κ3) is 4.76. The second-order valence-electron chi connectivity index (χ2n) is 8.12. The van der Waals surface area contributed by atoms with Crippen LogP contribution in [0.4, 0.5) is 0 Å². The summed E-state index contributed by atoms with van der Waals surface area (Å²) >= 11 is 0. The highest BCUT2D eigenvalue weighted by Gasteiger charge is 2.30. The van der Waals surface area contributed by atoms with Crippen LogP contribution in [0.3, 0.4) is 0 Å². The molecule has 0 saturated heterocycles. The van der Waals surface area contributed by atoms with E-state index in [4.69, 9.17) is 14.2 Å². The van der Waals surface area contributed by atoms with Gasteiger partial charge in [0, 0.05) is 12.0 Å². The average molecular weight is 428 g/mol. The van der Waals surface area contributed by atoms with Crippen LogP contribution in [-0.2, 0) is 16.0 Å². The van der Waals surface area contributed by atoms with E-state index < -0.39 is 18.0 Å². The van der Waals surface area contributed by atoms with E-state index in [1.807, 2.05) is 62.4 Å². The van der Waals surface area contributed by atoms with Gasteiger partial charge in [-0.2, -0.15) is 5.26 Å². The molecule has 1 aliphatic rings. The molecule has 0 spiro atoms. The monoisotopic (exact) mass is 427 g/mol. The number of carbonyl (C=O) groups is 1. The molecule has 3 aromatic carbocycles. The molecule has 0 amide bonds. The second-order valence-corrected chi connectivity index (χ2v) is 8.12. The molecule has 0 fully saturated rings. The van der Waals surface area contributed by atoms with Crippen molar-refractivity contribution in [3.05, 3.63) is 89.5 Å². The normalized spacial score (nSPS) is 14.1. The van der Waals surface area contributed by atoms with Crippen molar-refractivity contribution in [3.63, 3.8) is 0 Å². The van der Waals surface area contributed by atoms with Gasteiger partial charge in [0.15, 0.2) is 0 Å². The number of fused-ring (bicyclic) bond motifs is 1. The number of hydrogen-bond acceptors (Lipinski definition) is 5. The van der Waals surface area contributed by atoms with Crippen LogP contribution in [0.15, 0.2) is 72.8 Å². The van der Waals surface area contributed by atoms with Crippen molar-refractivity contribution in [2.45, 2.75) is 32.3 Å². The van der Waals surface area contributed by atoms with Gasteiger partial charge in [0.05, 0.1) is 12.5 Å². The molecule has 5 heteroatoms. The molecule has 0 N–H and O–H groups in total. The first-order valence-corrected chi connectivity index (χ1v) is 10.7. The molecule has 5 nitrogen and oxygen atoms in total. The van der Waals surface area contributed by atoms with Crippen molar-refractivity contribution in [1.82, 2.24) is 0 Å². The standard InChI is InChI=1S/C27H25NO4/c1-18(2)26(21-11-12-24-20(15-21)13-14-30-24)27(29)32-25(17-28)19-7-6-10-23(16-19)31-22-8-4-3-5-9-22/h3-12,15-16,18,25-26H,13-14H2,1-2H3. The minimum absolute atomic E-state index is 0.00922. The molecule has 162 valence electrons. The summed E-state index contributed by atoms with van der Waals surface area (Å²) in [5.41, 5.74) is 2.55. The Hall–Kier alpha value is -3.78. The molecule has 0 bridgehead atoms. The number of rotatable bonds is 7. The number of nitrogens with zero attached hydrogens (tertiary/aromatic N) is 1. The fraction of sp³-hybridized carbons (Fsp3) is 0.259. The summed E-state index contributed by atoms with van der Waals surface area (Å²) in [6.07, 6.45) is -0.196. The van der Waals surface area contributed by atoms with Gasteiger partial charge in [-0.3, -0.25) is 4.79 Å². The zero-order valence-electron chi connectivity index (χ0n) is 18.2. The summed E-state index contributed by atoms with van der Waals surface area (Å²) in [6.45, 7) is 4.62. The lowest BCUT2D eigenvalue weighted by Gasteiger charge is -2.22. The highest BCUT2D eigenvalue weighted by atomic mass is 16.5. The minimum Gasteiger partial charge on any atom is -0.493 e. The Kier molecular flexibility index (Phi) is 6.42. The van der Waals surface area contributed by atoms with Crippen molar-refractivity contribution in [3.8, 4) is 23.3 Å². The van der Waals surface area contributed by atoms with E-state index in [0.29, 0.717) is 23.7 Å². The SMILES string of the molecule is CC(C)C(C(=O)OC(C#N)c1cccc(Oc2ccccc2)c1)c1ccc2c(c1)CCO2. The van der Waals surface area contributed by atoms with E-state index in [2.05, 4.69) is 6.07 Å². The van der Waals surface area contributed by atoms with E-state index in [1.54, 1.807) is 24.3 Å². The molecule has 2 atom stereocenters. The molecular formula is C27H25NO4. The first-order valence-electron chi connectivity index (χ1n) is 10.7. The van der Waals surface area contributed by atoms with Crippen molar-refractivity contribution in [2.24, 2.45) is 5.92 Å². The first kappa shape index (κ1) is 21.5. The van der Waals surface area contributed by atoms with Crippen molar-refractivity contribution >= 4 is 5.97 Å². The Bertz CT molecular complexity index is 1130. The second kappa shape index (κ2) is 9.57. The molecule has 1 heterocycles. The highest BCUT2D eigenvalue weighted by Crippen LogP contribution is 2.34. The zero-order valence-corrected chi connectivity index (χ0v) is 18.2. The Morgan fingerprint density at radius 3 is 2.50 bits per heavy atom. The van der Waals surface area contributed by atoms with Gasteiger partial charge in [0.2, 0.25) is 6.10 Å². The number of ether oxygens (including phenoxy) is 3. The van der Waals surface area contributed by atoms with Crippen molar-refractivity contribution in [2.75, 3.05) is 6.61 Å². The van der Waals surface area contributed by atoms with Crippen LogP contribution >= 0.6 is 0 Å². The highest BCUT2D eigenvalue weighted by molar-refractivity contribution is 5.79. The summed E-state index contributed by atoms with van der Waals surface area (Å²) in [5.74, 6) is 1.25. The smallest absolute Gasteiger partial charge is 0.315 e. The molecule has 2 unspecified atom stereocenters. The molecule has 0 saturated carbocycles. The molecule has 4 rings (SSSR count). The van der Waals surface area contributed by atoms with E-state index in [9.17, 15) is 10.1 Å². The van der Waals surface area contributed by atoms with Gasteiger partial charge in [0.1, 0.15) is 23.3 Å². The van der Waals surface area contributed by atoms with Crippen LogP contribution in [0.2, 0.25) is 0 Å². The first-order chi connectivity index (χ1) is 15.5. The molecule has 32 heavy (non-hydrogen) atoms. The van der Waals surface area contributed by atoms with Crippen LogP contribution < -0.4 is 9.47 Å². The fourth-order valence-electron chi connectivity index (χ4n) is 3.92. The van der Waals surface area contributed by atoms with Gasteiger partial charge in [-0.1, -0.05) is 56.3 Å². The predicted octanol–water partition coefficient (Wildman–Crippen LogP) is 5.96. The lowest BCUT2D eigenvalue weighted by atomic mass is 9.87. The molecule has 0 aromatic heterocycles. The maximum absolute atomic E-state index is 13.2. The molecule has 0 radical (unpaired) electrons. The third-order valence-corrected chi connectivity index (χ3v) is 5.48. The lowest BCUT2D eigenvalue weighted by molar-refractivity contribution is -0.150. The quantitative estimate of drug-likeness (QED) is 0.435. The van der Waals surface area contributed by atoms with Gasteiger partial charge >= 0.3 is 5.97 Å². The molecular weight excluding hydrogens is 402 g/mol. The van der Waals surface area contributed by atoms with Crippen LogP contribution in [0.5, 0.6) is 17.2 Å². The van der Waals surface area contributed by atoms with Crippen LogP contribution in [0.25, 0.3) is 0 Å². The minimum atomic E-state index is -1.03. The van der Waals surface area contributed by atoms with Gasteiger partial charge < -0.3 is 14.2 Å². The Labute approximate surface area is 188 Å². The van der Waals surface area contributed by atoms with E-state index in [0.717, 1.165) is 23.3 Å². The van der Waals surface area contributed by atoms with Crippen LogP contribution in [0, 0.1) is 17.2 Å². The topological polar surface area (TPSA) is 68.6 Å². The van der Waals surface area contributed by atoms with Gasteiger partial charge in [-0.15, -0.1) is 0 Å². The lowest BCUT2D eigenvalue weighted by Crippen LogP contribution is -2.22. The van der Waals surface area contributed by atoms with Gasteiger partial charge in [-0.05, 0) is 47.4 Å². The van der Waals surface area contributed by atoms with Crippen molar-refractivity contribution < 1.29 is 19.0 Å².